The molecule has 0 bridgehead atoms. The quantitative estimate of drug-likeness (QED) is 0.558. The van der Waals surface area contributed by atoms with Crippen LogP contribution in [0.3, 0.4) is 0 Å². The number of unbranched alkanes of at least 4 members (excludes halogenated alkanes) is 3. The Balaban J connectivity index is 2.17. The molecule has 0 aromatic heterocycles. The molecule has 4 heteroatoms. The van der Waals surface area contributed by atoms with E-state index in [0.29, 0.717) is 12.1 Å². The summed E-state index contributed by atoms with van der Waals surface area (Å²) in [5, 5.41) is 3.58. The van der Waals surface area contributed by atoms with Crippen LogP contribution in [0.5, 0.6) is 0 Å². The van der Waals surface area contributed by atoms with Gasteiger partial charge in [-0.15, -0.1) is 0 Å². The lowest BCUT2D eigenvalue weighted by Crippen LogP contribution is -2.40. The van der Waals surface area contributed by atoms with Crippen molar-refractivity contribution in [3.05, 3.63) is 0 Å². The van der Waals surface area contributed by atoms with Crippen LogP contribution in [-0.2, 0) is 4.74 Å². The zero-order chi connectivity index (χ0) is 17.3. The molecule has 1 N–H and O–H groups in total. The SMILES string of the molecule is CCCCCCC(C)NCCCN(C(=O)OC(C)(C)C)C1CC1. The van der Waals surface area contributed by atoms with Crippen molar-refractivity contribution in [1.82, 2.24) is 10.2 Å². The van der Waals surface area contributed by atoms with E-state index in [9.17, 15) is 4.79 Å². The fourth-order valence-corrected chi connectivity index (χ4v) is 2.71. The second-order valence-electron chi connectivity index (χ2n) is 7.96. The fourth-order valence-electron chi connectivity index (χ4n) is 2.71. The zero-order valence-corrected chi connectivity index (χ0v) is 16.0. The van der Waals surface area contributed by atoms with Crippen LogP contribution in [0.4, 0.5) is 4.79 Å². The van der Waals surface area contributed by atoms with Crippen molar-refractivity contribution in [1.29, 1.82) is 0 Å². The first kappa shape index (κ1) is 20.3. The van der Waals surface area contributed by atoms with E-state index in [-0.39, 0.29) is 6.09 Å². The van der Waals surface area contributed by atoms with Gasteiger partial charge in [0.25, 0.3) is 0 Å². The van der Waals surface area contributed by atoms with Gasteiger partial charge in [0, 0.05) is 18.6 Å². The Labute approximate surface area is 143 Å². The van der Waals surface area contributed by atoms with E-state index in [4.69, 9.17) is 4.74 Å². The smallest absolute Gasteiger partial charge is 0.410 e. The van der Waals surface area contributed by atoms with E-state index in [1.807, 2.05) is 25.7 Å². The number of rotatable bonds is 11. The van der Waals surface area contributed by atoms with Crippen LogP contribution in [0.2, 0.25) is 0 Å². The van der Waals surface area contributed by atoms with Crippen LogP contribution < -0.4 is 5.32 Å². The van der Waals surface area contributed by atoms with Crippen molar-refractivity contribution in [2.45, 2.75) is 104 Å². The van der Waals surface area contributed by atoms with Gasteiger partial charge in [-0.3, -0.25) is 0 Å². The van der Waals surface area contributed by atoms with E-state index in [2.05, 4.69) is 19.2 Å². The highest BCUT2D eigenvalue weighted by atomic mass is 16.6. The van der Waals surface area contributed by atoms with Gasteiger partial charge >= 0.3 is 6.09 Å². The molecule has 0 aromatic carbocycles. The molecule has 0 spiro atoms. The average molecular weight is 327 g/mol. The van der Waals surface area contributed by atoms with Crippen molar-refractivity contribution < 1.29 is 9.53 Å². The standard InChI is InChI=1S/C19H38N2O2/c1-6-7-8-9-11-16(2)20-14-10-15-21(17-12-13-17)18(22)23-19(3,4)5/h16-17,20H,6-15H2,1-5H3. The molecule has 0 saturated heterocycles. The van der Waals surface area contributed by atoms with Crippen LogP contribution in [0.1, 0.15) is 86.0 Å². The van der Waals surface area contributed by atoms with Gasteiger partial charge in [-0.1, -0.05) is 32.6 Å². The molecule has 1 aliphatic carbocycles. The highest BCUT2D eigenvalue weighted by molar-refractivity contribution is 5.69. The Morgan fingerprint density at radius 3 is 2.48 bits per heavy atom. The molecule has 1 amide bonds. The van der Waals surface area contributed by atoms with Crippen LogP contribution in [0.15, 0.2) is 0 Å². The number of nitrogens with one attached hydrogen (secondary N) is 1. The molecule has 136 valence electrons. The molecule has 0 aliphatic heterocycles. The molecule has 1 unspecified atom stereocenters. The Morgan fingerprint density at radius 2 is 1.91 bits per heavy atom. The fraction of sp³-hybridized carbons (Fsp3) is 0.947. The minimum Gasteiger partial charge on any atom is -0.444 e. The normalized spacial score (nSPS) is 16.2. The summed E-state index contributed by atoms with van der Waals surface area (Å²) in [6.07, 6.45) is 9.65. The first-order chi connectivity index (χ1) is 10.8. The van der Waals surface area contributed by atoms with Crippen LogP contribution in [0.25, 0.3) is 0 Å². The van der Waals surface area contributed by atoms with Crippen molar-refractivity contribution in [2.75, 3.05) is 13.1 Å². The lowest BCUT2D eigenvalue weighted by atomic mass is 10.1. The van der Waals surface area contributed by atoms with Crippen LogP contribution in [-0.4, -0.2) is 41.8 Å². The third kappa shape index (κ3) is 9.85. The largest absolute Gasteiger partial charge is 0.444 e. The molecular weight excluding hydrogens is 288 g/mol. The predicted octanol–water partition coefficient (Wildman–Crippen LogP) is 4.72. The maximum absolute atomic E-state index is 12.3. The zero-order valence-electron chi connectivity index (χ0n) is 16.0. The number of ether oxygens (including phenoxy) is 1. The molecule has 0 aromatic rings. The Kier molecular flexibility index (Phi) is 8.96. The number of hydrogen-bond acceptors (Lipinski definition) is 3. The molecule has 1 fully saturated rings. The van der Waals surface area contributed by atoms with Crippen molar-refractivity contribution in [3.8, 4) is 0 Å². The number of hydrogen-bond donors (Lipinski definition) is 1. The average Bonchev–Trinajstić information content (AvgIpc) is 3.26. The molecule has 1 saturated carbocycles. The highest BCUT2D eigenvalue weighted by Crippen LogP contribution is 2.28. The van der Waals surface area contributed by atoms with Crippen LogP contribution in [0, 0.1) is 0 Å². The number of carbonyl (C=O) groups excluding carboxylic acids is 1. The summed E-state index contributed by atoms with van der Waals surface area (Å²) in [5.41, 5.74) is -0.407. The van der Waals surface area contributed by atoms with Gasteiger partial charge in [-0.25, -0.2) is 4.79 Å². The molecule has 0 heterocycles. The molecule has 23 heavy (non-hydrogen) atoms. The molecule has 0 radical (unpaired) electrons. The van der Waals surface area contributed by atoms with Crippen molar-refractivity contribution in [2.24, 2.45) is 0 Å². The molecule has 4 nitrogen and oxygen atoms in total. The predicted molar refractivity (Wildman–Crippen MR) is 96.8 cm³/mol. The highest BCUT2D eigenvalue weighted by Gasteiger charge is 2.34. The molecule has 1 atom stereocenters. The van der Waals surface area contributed by atoms with Gasteiger partial charge in [-0.05, 0) is 59.9 Å². The Morgan fingerprint density at radius 1 is 1.22 bits per heavy atom. The Hall–Kier alpha value is -0.770. The summed E-state index contributed by atoms with van der Waals surface area (Å²) in [6.45, 7) is 12.1. The van der Waals surface area contributed by atoms with Crippen LogP contribution >= 0.6 is 0 Å². The lowest BCUT2D eigenvalue weighted by Gasteiger charge is -2.27. The summed E-state index contributed by atoms with van der Waals surface area (Å²) >= 11 is 0. The van der Waals surface area contributed by atoms with Gasteiger partial charge in [0.1, 0.15) is 5.60 Å². The van der Waals surface area contributed by atoms with E-state index in [0.717, 1.165) is 32.4 Å². The number of amides is 1. The minimum atomic E-state index is -0.407. The summed E-state index contributed by atoms with van der Waals surface area (Å²) in [5.74, 6) is 0. The molecular formula is C19H38N2O2. The van der Waals surface area contributed by atoms with Gasteiger partial charge in [0.05, 0.1) is 0 Å². The van der Waals surface area contributed by atoms with Gasteiger partial charge in [-0.2, -0.15) is 0 Å². The topological polar surface area (TPSA) is 41.6 Å². The summed E-state index contributed by atoms with van der Waals surface area (Å²) in [6, 6.07) is 0.985. The van der Waals surface area contributed by atoms with Gasteiger partial charge in [0.2, 0.25) is 0 Å². The monoisotopic (exact) mass is 326 g/mol. The maximum atomic E-state index is 12.3. The van der Waals surface area contributed by atoms with E-state index < -0.39 is 5.60 Å². The van der Waals surface area contributed by atoms with E-state index >= 15 is 0 Å². The maximum Gasteiger partial charge on any atom is 0.410 e. The second kappa shape index (κ2) is 10.2. The molecule has 1 rings (SSSR count). The summed E-state index contributed by atoms with van der Waals surface area (Å²) < 4.78 is 5.52. The van der Waals surface area contributed by atoms with E-state index in [1.165, 1.54) is 32.1 Å². The van der Waals surface area contributed by atoms with Gasteiger partial charge < -0.3 is 15.0 Å². The summed E-state index contributed by atoms with van der Waals surface area (Å²) in [7, 11) is 0. The second-order valence-corrected chi connectivity index (χ2v) is 7.96. The van der Waals surface area contributed by atoms with E-state index in [1.54, 1.807) is 0 Å². The third-order valence-electron chi connectivity index (χ3n) is 4.17. The number of carbonyl (C=O) groups is 1. The Bertz CT molecular complexity index is 335. The van der Waals surface area contributed by atoms with Crippen molar-refractivity contribution in [3.63, 3.8) is 0 Å². The number of nitrogens with zero attached hydrogens (tertiary/aromatic N) is 1. The summed E-state index contributed by atoms with van der Waals surface area (Å²) in [4.78, 5) is 14.2. The lowest BCUT2D eigenvalue weighted by molar-refractivity contribution is 0.0232. The van der Waals surface area contributed by atoms with Crippen molar-refractivity contribution >= 4 is 6.09 Å². The minimum absolute atomic E-state index is 0.146. The van der Waals surface area contributed by atoms with Gasteiger partial charge in [0.15, 0.2) is 0 Å². The molecule has 1 aliphatic rings. The first-order valence-corrected chi connectivity index (χ1v) is 9.56. The third-order valence-corrected chi connectivity index (χ3v) is 4.17. The first-order valence-electron chi connectivity index (χ1n) is 9.56.